The Morgan fingerprint density at radius 1 is 1.05 bits per heavy atom. The third-order valence-electron chi connectivity index (χ3n) is 8.26. The molecule has 9 heteroatoms. The Labute approximate surface area is 227 Å². The lowest BCUT2D eigenvalue weighted by Gasteiger charge is -2.40. The Kier molecular flexibility index (Phi) is 6.93. The number of hydrogen-bond acceptors (Lipinski definition) is 6. The lowest BCUT2D eigenvalue weighted by atomic mass is 10.0. The number of nitrogens with one attached hydrogen (secondary N) is 1. The second kappa shape index (κ2) is 10.5. The molecule has 1 aliphatic carbocycles. The van der Waals surface area contributed by atoms with Crippen LogP contribution in [0.15, 0.2) is 47.3 Å². The van der Waals surface area contributed by atoms with Crippen molar-refractivity contribution < 1.29 is 0 Å². The van der Waals surface area contributed by atoms with Crippen LogP contribution in [0.2, 0.25) is 5.02 Å². The standard InChI is InChI=1S/C29H34ClN7O/c1-3-20-9-11-25-21(16-20)17-24(29(38)31-25)27(28-32-33-34-37(28)23-6-4-5-7-23)36-14-12-35(13-15-36)26-18-22(30)10-8-19(26)2/h8-11,16-18,23,27H,3-7,12-15H2,1-2H3,(H,31,38)/t27-/m0/s1. The van der Waals surface area contributed by atoms with Gasteiger partial charge in [0.2, 0.25) is 0 Å². The lowest BCUT2D eigenvalue weighted by Crippen LogP contribution is -2.49. The van der Waals surface area contributed by atoms with Gasteiger partial charge in [0.1, 0.15) is 6.04 Å². The largest absolute Gasteiger partial charge is 0.369 e. The highest BCUT2D eigenvalue weighted by Gasteiger charge is 2.35. The molecule has 1 N–H and O–H groups in total. The Balaban J connectivity index is 1.39. The van der Waals surface area contributed by atoms with Gasteiger partial charge < -0.3 is 9.88 Å². The zero-order chi connectivity index (χ0) is 26.2. The molecule has 2 aromatic heterocycles. The van der Waals surface area contributed by atoms with Gasteiger partial charge in [-0.25, -0.2) is 4.68 Å². The summed E-state index contributed by atoms with van der Waals surface area (Å²) in [5, 5.41) is 14.9. The van der Waals surface area contributed by atoms with E-state index in [1.807, 2.05) is 22.9 Å². The number of tetrazole rings is 1. The second-order valence-corrected chi connectivity index (χ2v) is 11.0. The van der Waals surface area contributed by atoms with E-state index in [0.717, 1.165) is 67.2 Å². The highest BCUT2D eigenvalue weighted by Crippen LogP contribution is 2.35. The van der Waals surface area contributed by atoms with Crippen LogP contribution in [0.1, 0.15) is 67.2 Å². The lowest BCUT2D eigenvalue weighted by molar-refractivity contribution is 0.197. The van der Waals surface area contributed by atoms with Crippen LogP contribution in [-0.4, -0.2) is 56.3 Å². The highest BCUT2D eigenvalue weighted by atomic mass is 35.5. The predicted molar refractivity (Wildman–Crippen MR) is 151 cm³/mol. The Hall–Kier alpha value is -3.23. The van der Waals surface area contributed by atoms with Crippen LogP contribution in [0.3, 0.4) is 0 Å². The fourth-order valence-corrected chi connectivity index (χ4v) is 6.30. The van der Waals surface area contributed by atoms with Crippen molar-refractivity contribution in [2.75, 3.05) is 31.1 Å². The number of H-pyrrole nitrogens is 1. The molecule has 2 fully saturated rings. The average molecular weight is 532 g/mol. The van der Waals surface area contributed by atoms with Gasteiger partial charge >= 0.3 is 0 Å². The van der Waals surface area contributed by atoms with Gasteiger partial charge in [-0.3, -0.25) is 9.69 Å². The average Bonchev–Trinajstić information content (AvgIpc) is 3.63. The van der Waals surface area contributed by atoms with Crippen LogP contribution in [-0.2, 0) is 6.42 Å². The van der Waals surface area contributed by atoms with Gasteiger partial charge in [-0.2, -0.15) is 0 Å². The van der Waals surface area contributed by atoms with Gasteiger partial charge in [-0.05, 0) is 83.5 Å². The van der Waals surface area contributed by atoms with E-state index in [1.54, 1.807) is 0 Å². The third-order valence-corrected chi connectivity index (χ3v) is 8.50. The van der Waals surface area contributed by atoms with E-state index in [4.69, 9.17) is 11.6 Å². The molecule has 3 heterocycles. The number of pyridine rings is 1. The second-order valence-electron chi connectivity index (χ2n) is 10.6. The fraction of sp³-hybridized carbons (Fsp3) is 0.448. The number of aryl methyl sites for hydroxylation is 2. The van der Waals surface area contributed by atoms with Crippen molar-refractivity contribution in [3.05, 3.63) is 80.4 Å². The van der Waals surface area contributed by atoms with Gasteiger partial charge in [0, 0.05) is 48.0 Å². The summed E-state index contributed by atoms with van der Waals surface area (Å²) >= 11 is 6.33. The molecule has 0 spiro atoms. The third kappa shape index (κ3) is 4.71. The first kappa shape index (κ1) is 25.1. The van der Waals surface area contributed by atoms with Crippen molar-refractivity contribution in [3.8, 4) is 0 Å². The number of benzene rings is 2. The Bertz CT molecular complexity index is 1500. The SMILES string of the molecule is CCc1ccc2[nH]c(=O)c([C@@H](c3nnnn3C3CCCC3)N3CCN(c4cc(Cl)ccc4C)CC3)cc2c1. The maximum atomic E-state index is 13.6. The summed E-state index contributed by atoms with van der Waals surface area (Å²) < 4.78 is 2.00. The van der Waals surface area contributed by atoms with Crippen LogP contribution in [0.5, 0.6) is 0 Å². The molecule has 6 rings (SSSR count). The van der Waals surface area contributed by atoms with E-state index in [-0.39, 0.29) is 17.6 Å². The van der Waals surface area contributed by atoms with Crippen LogP contribution >= 0.6 is 11.6 Å². The number of halogens is 1. The quantitative estimate of drug-likeness (QED) is 0.374. The first-order valence-electron chi connectivity index (χ1n) is 13.7. The van der Waals surface area contributed by atoms with Crippen LogP contribution in [0.25, 0.3) is 10.9 Å². The smallest absolute Gasteiger partial charge is 0.253 e. The molecule has 2 aliphatic rings. The molecule has 1 atom stereocenters. The molecule has 0 radical (unpaired) electrons. The van der Waals surface area contributed by atoms with E-state index in [0.29, 0.717) is 5.56 Å². The number of anilines is 1. The number of piperazine rings is 1. The fourth-order valence-electron chi connectivity index (χ4n) is 6.13. The number of hydrogen-bond donors (Lipinski definition) is 1. The van der Waals surface area contributed by atoms with E-state index in [1.165, 1.54) is 29.7 Å². The maximum absolute atomic E-state index is 13.6. The molecule has 1 saturated heterocycles. The summed E-state index contributed by atoms with van der Waals surface area (Å²) in [7, 11) is 0. The topological polar surface area (TPSA) is 82.9 Å². The summed E-state index contributed by atoms with van der Waals surface area (Å²) in [6.07, 6.45) is 5.45. The van der Waals surface area contributed by atoms with Crippen LogP contribution in [0.4, 0.5) is 5.69 Å². The van der Waals surface area contributed by atoms with Crippen molar-refractivity contribution in [2.45, 2.75) is 58.0 Å². The minimum Gasteiger partial charge on any atom is -0.369 e. The number of aromatic nitrogens is 5. The molecule has 1 saturated carbocycles. The molecule has 4 aromatic rings. The molecule has 0 bridgehead atoms. The molecule has 1 aliphatic heterocycles. The van der Waals surface area contributed by atoms with E-state index in [9.17, 15) is 4.79 Å². The first-order chi connectivity index (χ1) is 18.5. The molecular formula is C29H34ClN7O. The number of rotatable bonds is 6. The monoisotopic (exact) mass is 531 g/mol. The summed E-state index contributed by atoms with van der Waals surface area (Å²) in [6.45, 7) is 7.48. The molecule has 198 valence electrons. The van der Waals surface area contributed by atoms with Gasteiger partial charge in [0.25, 0.3) is 5.56 Å². The zero-order valence-corrected chi connectivity index (χ0v) is 22.8. The molecular weight excluding hydrogens is 498 g/mol. The first-order valence-corrected chi connectivity index (χ1v) is 14.1. The Morgan fingerprint density at radius 3 is 2.61 bits per heavy atom. The van der Waals surface area contributed by atoms with Crippen LogP contribution < -0.4 is 10.5 Å². The molecule has 8 nitrogen and oxygen atoms in total. The molecule has 0 unspecified atom stereocenters. The summed E-state index contributed by atoms with van der Waals surface area (Å²) in [5.74, 6) is 0.765. The highest BCUT2D eigenvalue weighted by molar-refractivity contribution is 6.30. The molecule has 0 amide bonds. The summed E-state index contributed by atoms with van der Waals surface area (Å²) in [4.78, 5) is 21.5. The summed E-state index contributed by atoms with van der Waals surface area (Å²) in [6, 6.07) is 14.3. The van der Waals surface area contributed by atoms with E-state index in [2.05, 4.69) is 68.4 Å². The van der Waals surface area contributed by atoms with Crippen molar-refractivity contribution in [2.24, 2.45) is 0 Å². The number of nitrogens with zero attached hydrogens (tertiary/aromatic N) is 6. The molecule has 38 heavy (non-hydrogen) atoms. The van der Waals surface area contributed by atoms with Gasteiger partial charge in [0.05, 0.1) is 6.04 Å². The maximum Gasteiger partial charge on any atom is 0.253 e. The van der Waals surface area contributed by atoms with E-state index >= 15 is 0 Å². The van der Waals surface area contributed by atoms with Crippen molar-refractivity contribution in [1.29, 1.82) is 0 Å². The van der Waals surface area contributed by atoms with Gasteiger partial charge in [0.15, 0.2) is 5.82 Å². The van der Waals surface area contributed by atoms with E-state index < -0.39 is 0 Å². The van der Waals surface area contributed by atoms with Crippen molar-refractivity contribution in [3.63, 3.8) is 0 Å². The minimum atomic E-state index is -0.327. The van der Waals surface area contributed by atoms with Crippen molar-refractivity contribution in [1.82, 2.24) is 30.1 Å². The molecule has 2 aromatic carbocycles. The zero-order valence-electron chi connectivity index (χ0n) is 22.0. The normalized spacial score (nSPS) is 17.9. The minimum absolute atomic E-state index is 0.0826. The number of aromatic amines is 1. The Morgan fingerprint density at radius 2 is 1.84 bits per heavy atom. The van der Waals surface area contributed by atoms with Crippen molar-refractivity contribution >= 4 is 28.2 Å². The predicted octanol–water partition coefficient (Wildman–Crippen LogP) is 5.07. The summed E-state index contributed by atoms with van der Waals surface area (Å²) in [5.41, 5.74) is 5.09. The van der Waals surface area contributed by atoms with Crippen LogP contribution in [0, 0.1) is 6.92 Å². The van der Waals surface area contributed by atoms with Gasteiger partial charge in [-0.1, -0.05) is 43.5 Å². The number of fused-ring (bicyclic) bond motifs is 1. The van der Waals surface area contributed by atoms with Gasteiger partial charge in [-0.15, -0.1) is 5.10 Å².